The third-order valence-electron chi connectivity index (χ3n) is 2.60. The van der Waals surface area contributed by atoms with Gasteiger partial charge < -0.3 is 10.5 Å². The van der Waals surface area contributed by atoms with E-state index < -0.39 is 11.6 Å². The van der Waals surface area contributed by atoms with Crippen molar-refractivity contribution in [3.05, 3.63) is 29.8 Å². The van der Waals surface area contributed by atoms with E-state index >= 15 is 0 Å². The van der Waals surface area contributed by atoms with Crippen LogP contribution in [0.3, 0.4) is 0 Å². The first-order valence-electron chi connectivity index (χ1n) is 5.69. The third kappa shape index (κ3) is 4.44. The van der Waals surface area contributed by atoms with E-state index in [2.05, 4.69) is 5.32 Å². The van der Waals surface area contributed by atoms with Gasteiger partial charge in [-0.3, -0.25) is 5.32 Å². The van der Waals surface area contributed by atoms with Gasteiger partial charge in [0.25, 0.3) is 0 Å². The zero-order valence-corrected chi connectivity index (χ0v) is 10.6. The second-order valence-corrected chi connectivity index (χ2v) is 4.40. The largest absolute Gasteiger partial charge is 0.447 e. The molecule has 5 nitrogen and oxygen atoms in total. The van der Waals surface area contributed by atoms with Gasteiger partial charge >= 0.3 is 6.09 Å². The van der Waals surface area contributed by atoms with E-state index in [4.69, 9.17) is 15.7 Å². The van der Waals surface area contributed by atoms with Crippen LogP contribution in [0.5, 0.6) is 0 Å². The fourth-order valence-electron chi connectivity index (χ4n) is 1.11. The lowest BCUT2D eigenvalue weighted by molar-refractivity contribution is 0.132. The van der Waals surface area contributed by atoms with E-state index in [-0.39, 0.29) is 6.61 Å². The summed E-state index contributed by atoms with van der Waals surface area (Å²) in [5.74, 6) is 0. The number of carbonyl (C=O) groups excluding carboxylic acids is 1. The van der Waals surface area contributed by atoms with Gasteiger partial charge in [-0.1, -0.05) is 6.92 Å². The van der Waals surface area contributed by atoms with Crippen molar-refractivity contribution in [1.29, 1.82) is 5.26 Å². The van der Waals surface area contributed by atoms with E-state index in [9.17, 15) is 4.79 Å². The number of nitrogens with zero attached hydrogens (tertiary/aromatic N) is 1. The summed E-state index contributed by atoms with van der Waals surface area (Å²) in [5.41, 5.74) is 6.46. The maximum atomic E-state index is 11.5. The molecule has 1 rings (SSSR count). The molecule has 1 unspecified atom stereocenters. The summed E-state index contributed by atoms with van der Waals surface area (Å²) in [4.78, 5) is 11.5. The highest BCUT2D eigenvalue weighted by atomic mass is 16.5. The zero-order valence-electron chi connectivity index (χ0n) is 10.6. The van der Waals surface area contributed by atoms with Crippen molar-refractivity contribution in [3.63, 3.8) is 0 Å². The van der Waals surface area contributed by atoms with Crippen molar-refractivity contribution in [2.45, 2.75) is 25.8 Å². The number of benzene rings is 1. The average molecular weight is 247 g/mol. The summed E-state index contributed by atoms with van der Waals surface area (Å²) in [5, 5.41) is 11.2. The Morgan fingerprint density at radius 1 is 1.50 bits per heavy atom. The van der Waals surface area contributed by atoms with Crippen LogP contribution in [0.25, 0.3) is 0 Å². The van der Waals surface area contributed by atoms with E-state index in [0.29, 0.717) is 11.3 Å². The standard InChI is InChI=1S/C13H17N3O2/c1-3-13(2,15)9-18-12(17)16-11-6-4-10(8-14)5-7-11/h4-7H,3,9,15H2,1-2H3,(H,16,17). The minimum Gasteiger partial charge on any atom is -0.447 e. The SMILES string of the molecule is CCC(C)(N)COC(=O)Nc1ccc(C#N)cc1. The molecule has 0 aliphatic heterocycles. The van der Waals surface area contributed by atoms with Crippen molar-refractivity contribution in [2.24, 2.45) is 5.73 Å². The lowest BCUT2D eigenvalue weighted by atomic mass is 10.0. The van der Waals surface area contributed by atoms with Crippen LogP contribution in [0.4, 0.5) is 10.5 Å². The summed E-state index contributed by atoms with van der Waals surface area (Å²) < 4.78 is 5.02. The molecule has 0 heterocycles. The van der Waals surface area contributed by atoms with Gasteiger partial charge in [-0.05, 0) is 37.6 Å². The minimum atomic E-state index is -0.551. The van der Waals surface area contributed by atoms with Crippen molar-refractivity contribution in [2.75, 3.05) is 11.9 Å². The maximum Gasteiger partial charge on any atom is 0.411 e. The lowest BCUT2D eigenvalue weighted by Crippen LogP contribution is -2.41. The number of nitrogens with one attached hydrogen (secondary N) is 1. The molecule has 0 spiro atoms. The number of carbonyl (C=O) groups is 1. The fraction of sp³-hybridized carbons (Fsp3) is 0.385. The quantitative estimate of drug-likeness (QED) is 0.854. The van der Waals surface area contributed by atoms with Crippen molar-refractivity contribution >= 4 is 11.8 Å². The van der Waals surface area contributed by atoms with Gasteiger partial charge in [0.15, 0.2) is 0 Å². The molecule has 0 saturated heterocycles. The van der Waals surface area contributed by atoms with Crippen molar-refractivity contribution in [1.82, 2.24) is 0 Å². The predicted octanol–water partition coefficient (Wildman–Crippen LogP) is 2.23. The summed E-state index contributed by atoms with van der Waals surface area (Å²) in [7, 11) is 0. The van der Waals surface area contributed by atoms with E-state index in [0.717, 1.165) is 6.42 Å². The number of amides is 1. The second-order valence-electron chi connectivity index (χ2n) is 4.40. The molecule has 18 heavy (non-hydrogen) atoms. The number of hydrogen-bond donors (Lipinski definition) is 2. The first-order valence-corrected chi connectivity index (χ1v) is 5.69. The summed E-state index contributed by atoms with van der Waals surface area (Å²) >= 11 is 0. The molecule has 0 radical (unpaired) electrons. The Kier molecular flexibility index (Phi) is 4.69. The van der Waals surface area contributed by atoms with E-state index in [1.54, 1.807) is 24.3 Å². The normalized spacial score (nSPS) is 13.2. The smallest absolute Gasteiger partial charge is 0.411 e. The molecule has 1 atom stereocenters. The molecule has 3 N–H and O–H groups in total. The van der Waals surface area contributed by atoms with E-state index in [1.807, 2.05) is 19.9 Å². The number of hydrogen-bond acceptors (Lipinski definition) is 4. The van der Waals surface area contributed by atoms with Crippen LogP contribution in [0.2, 0.25) is 0 Å². The Bertz CT molecular complexity index is 446. The summed E-state index contributed by atoms with van der Waals surface area (Å²) in [6.07, 6.45) is 0.168. The Balaban J connectivity index is 2.47. The van der Waals surface area contributed by atoms with Gasteiger partial charge in [-0.25, -0.2) is 4.79 Å². The highest BCUT2D eigenvalue weighted by Gasteiger charge is 2.18. The molecule has 0 saturated carbocycles. The van der Waals surface area contributed by atoms with Crippen LogP contribution in [-0.4, -0.2) is 18.2 Å². The van der Waals surface area contributed by atoms with Gasteiger partial charge in [0, 0.05) is 11.2 Å². The topological polar surface area (TPSA) is 88.1 Å². The zero-order chi connectivity index (χ0) is 13.6. The summed E-state index contributed by atoms with van der Waals surface area (Å²) in [6, 6.07) is 8.52. The number of nitriles is 1. The highest BCUT2D eigenvalue weighted by Crippen LogP contribution is 2.10. The third-order valence-corrected chi connectivity index (χ3v) is 2.60. The monoisotopic (exact) mass is 247 g/mol. The molecular formula is C13H17N3O2. The van der Waals surface area contributed by atoms with Crippen molar-refractivity contribution in [3.8, 4) is 6.07 Å². The van der Waals surface area contributed by atoms with Crippen LogP contribution in [0.1, 0.15) is 25.8 Å². The van der Waals surface area contributed by atoms with Gasteiger partial charge in [-0.2, -0.15) is 5.26 Å². The van der Waals surface area contributed by atoms with Crippen LogP contribution < -0.4 is 11.1 Å². The average Bonchev–Trinajstić information content (AvgIpc) is 2.37. The van der Waals surface area contributed by atoms with Gasteiger partial charge in [0.2, 0.25) is 0 Å². The van der Waals surface area contributed by atoms with Crippen LogP contribution >= 0.6 is 0 Å². The first kappa shape index (κ1) is 14.0. The Labute approximate surface area is 107 Å². The Morgan fingerprint density at radius 3 is 2.61 bits per heavy atom. The minimum absolute atomic E-state index is 0.158. The number of rotatable bonds is 4. The predicted molar refractivity (Wildman–Crippen MR) is 69.0 cm³/mol. The number of anilines is 1. The Morgan fingerprint density at radius 2 is 2.11 bits per heavy atom. The van der Waals surface area contributed by atoms with Gasteiger partial charge in [0.05, 0.1) is 11.6 Å². The van der Waals surface area contributed by atoms with Gasteiger partial charge in [0.1, 0.15) is 6.61 Å². The molecule has 5 heteroatoms. The molecular weight excluding hydrogens is 230 g/mol. The highest BCUT2D eigenvalue weighted by molar-refractivity contribution is 5.84. The first-order chi connectivity index (χ1) is 8.46. The molecule has 0 aromatic heterocycles. The maximum absolute atomic E-state index is 11.5. The molecule has 0 fully saturated rings. The lowest BCUT2D eigenvalue weighted by Gasteiger charge is -2.21. The second kappa shape index (κ2) is 6.03. The number of ether oxygens (including phenoxy) is 1. The summed E-state index contributed by atoms with van der Waals surface area (Å²) in [6.45, 7) is 3.91. The van der Waals surface area contributed by atoms with Gasteiger partial charge in [-0.15, -0.1) is 0 Å². The van der Waals surface area contributed by atoms with Crippen LogP contribution in [0.15, 0.2) is 24.3 Å². The molecule has 1 aromatic carbocycles. The molecule has 1 aromatic rings. The molecule has 1 amide bonds. The number of nitrogens with two attached hydrogens (primary N) is 1. The Hall–Kier alpha value is -2.06. The molecule has 0 bridgehead atoms. The van der Waals surface area contributed by atoms with Crippen molar-refractivity contribution < 1.29 is 9.53 Å². The molecule has 96 valence electrons. The fourth-order valence-corrected chi connectivity index (χ4v) is 1.11. The van der Waals surface area contributed by atoms with E-state index in [1.165, 1.54) is 0 Å². The van der Waals surface area contributed by atoms with Crippen LogP contribution in [0, 0.1) is 11.3 Å². The molecule has 0 aliphatic rings. The van der Waals surface area contributed by atoms with Crippen LogP contribution in [-0.2, 0) is 4.74 Å². The molecule has 0 aliphatic carbocycles.